The largest absolute Gasteiger partial charge is 0.496 e. The number of hydrogen-bond donors (Lipinski definition) is 1. The number of carbonyl (C=O) groups excluding carboxylic acids is 1. The van der Waals surface area contributed by atoms with Crippen molar-refractivity contribution in [1.82, 2.24) is 5.32 Å². The van der Waals surface area contributed by atoms with E-state index >= 15 is 0 Å². The molecule has 5 heteroatoms. The summed E-state index contributed by atoms with van der Waals surface area (Å²) in [6.45, 7) is 0.584. The highest BCUT2D eigenvalue weighted by Crippen LogP contribution is 2.44. The smallest absolute Gasteiger partial charge is 0.251 e. The van der Waals surface area contributed by atoms with Crippen molar-refractivity contribution in [3.63, 3.8) is 0 Å². The van der Waals surface area contributed by atoms with Crippen LogP contribution in [0, 0.1) is 0 Å². The van der Waals surface area contributed by atoms with Gasteiger partial charge in [0.2, 0.25) is 0 Å². The second kappa shape index (κ2) is 8.33. The molecule has 1 amide bonds. The summed E-state index contributed by atoms with van der Waals surface area (Å²) in [7, 11) is 4.84. The van der Waals surface area contributed by atoms with Gasteiger partial charge in [0.05, 0.1) is 21.3 Å². The zero-order valence-corrected chi connectivity index (χ0v) is 16.2. The van der Waals surface area contributed by atoms with Gasteiger partial charge in [0.15, 0.2) is 11.5 Å². The highest BCUT2D eigenvalue weighted by Gasteiger charge is 2.38. The van der Waals surface area contributed by atoms with Crippen LogP contribution >= 0.6 is 0 Å². The predicted molar refractivity (Wildman–Crippen MR) is 105 cm³/mol. The quantitative estimate of drug-likeness (QED) is 0.803. The molecule has 0 spiro atoms. The Morgan fingerprint density at radius 1 is 0.926 bits per heavy atom. The van der Waals surface area contributed by atoms with E-state index in [1.165, 1.54) is 5.56 Å². The van der Waals surface area contributed by atoms with Crippen molar-refractivity contribution in [2.75, 3.05) is 27.9 Å². The lowest BCUT2D eigenvalue weighted by atomic mass is 9.78. The zero-order chi connectivity index (χ0) is 19.3. The van der Waals surface area contributed by atoms with Gasteiger partial charge in [0.25, 0.3) is 5.91 Å². The molecule has 1 saturated carbocycles. The van der Waals surface area contributed by atoms with Crippen molar-refractivity contribution in [3.8, 4) is 17.2 Å². The van der Waals surface area contributed by atoms with Crippen LogP contribution in [-0.4, -0.2) is 33.8 Å². The normalized spacial score (nSPS) is 15.2. The predicted octanol–water partition coefficient (Wildman–Crippen LogP) is 3.95. The standard InChI is InChI=1S/C22H27NO4/c1-25-18-9-5-4-8-17(18)22(12-6-7-13-22)15-23-21(24)16-10-11-19(26-2)20(14-16)27-3/h4-5,8-11,14H,6-7,12-13,15H2,1-3H3,(H,23,24). The fourth-order valence-electron chi connectivity index (χ4n) is 4.00. The van der Waals surface area contributed by atoms with Gasteiger partial charge in [0, 0.05) is 23.1 Å². The van der Waals surface area contributed by atoms with E-state index in [1.54, 1.807) is 39.5 Å². The van der Waals surface area contributed by atoms with E-state index in [-0.39, 0.29) is 11.3 Å². The lowest BCUT2D eigenvalue weighted by Gasteiger charge is -2.31. The molecule has 5 nitrogen and oxygen atoms in total. The average molecular weight is 369 g/mol. The van der Waals surface area contributed by atoms with Crippen LogP contribution in [0.15, 0.2) is 42.5 Å². The molecular weight excluding hydrogens is 342 g/mol. The summed E-state index contributed by atoms with van der Waals surface area (Å²) in [4.78, 5) is 12.8. The molecule has 3 rings (SSSR count). The van der Waals surface area contributed by atoms with Gasteiger partial charge >= 0.3 is 0 Å². The van der Waals surface area contributed by atoms with E-state index < -0.39 is 0 Å². The average Bonchev–Trinajstić information content (AvgIpc) is 3.21. The van der Waals surface area contributed by atoms with Crippen molar-refractivity contribution in [2.24, 2.45) is 0 Å². The van der Waals surface area contributed by atoms with Crippen LogP contribution in [0.4, 0.5) is 0 Å². The van der Waals surface area contributed by atoms with E-state index in [1.807, 2.05) is 18.2 Å². The minimum absolute atomic E-state index is 0.0845. The molecule has 0 heterocycles. The van der Waals surface area contributed by atoms with Crippen molar-refractivity contribution in [1.29, 1.82) is 0 Å². The Kier molecular flexibility index (Phi) is 5.89. The van der Waals surface area contributed by atoms with Crippen LogP contribution in [0.3, 0.4) is 0 Å². The zero-order valence-electron chi connectivity index (χ0n) is 16.2. The maximum atomic E-state index is 12.8. The first-order valence-corrected chi connectivity index (χ1v) is 9.27. The van der Waals surface area contributed by atoms with Crippen molar-refractivity contribution < 1.29 is 19.0 Å². The number of ether oxygens (including phenoxy) is 3. The third kappa shape index (κ3) is 3.87. The first-order chi connectivity index (χ1) is 13.1. The lowest BCUT2D eigenvalue weighted by molar-refractivity contribution is 0.0942. The maximum Gasteiger partial charge on any atom is 0.251 e. The highest BCUT2D eigenvalue weighted by atomic mass is 16.5. The molecule has 2 aromatic carbocycles. The number of rotatable bonds is 7. The summed E-state index contributed by atoms with van der Waals surface area (Å²) >= 11 is 0. The molecule has 1 aliphatic carbocycles. The van der Waals surface area contributed by atoms with E-state index in [0.29, 0.717) is 23.6 Å². The van der Waals surface area contributed by atoms with Crippen molar-refractivity contribution >= 4 is 5.91 Å². The number of amides is 1. The Morgan fingerprint density at radius 3 is 2.26 bits per heavy atom. The van der Waals surface area contributed by atoms with Crippen LogP contribution in [0.2, 0.25) is 0 Å². The van der Waals surface area contributed by atoms with Crippen molar-refractivity contribution in [3.05, 3.63) is 53.6 Å². The van der Waals surface area contributed by atoms with Crippen LogP contribution in [0.25, 0.3) is 0 Å². The minimum Gasteiger partial charge on any atom is -0.496 e. The molecule has 0 atom stereocenters. The summed E-state index contributed by atoms with van der Waals surface area (Å²) in [6, 6.07) is 13.3. The molecule has 144 valence electrons. The molecule has 0 saturated heterocycles. The Morgan fingerprint density at radius 2 is 1.59 bits per heavy atom. The molecular formula is C22H27NO4. The molecule has 27 heavy (non-hydrogen) atoms. The summed E-state index contributed by atoms with van der Waals surface area (Å²) in [6.07, 6.45) is 4.40. The Labute approximate surface area is 160 Å². The third-order valence-corrected chi connectivity index (χ3v) is 5.47. The first kappa shape index (κ1) is 19.1. The van der Waals surface area contributed by atoms with Crippen LogP contribution in [0.5, 0.6) is 17.2 Å². The summed E-state index contributed by atoms with van der Waals surface area (Å²) in [5.74, 6) is 1.93. The molecule has 1 N–H and O–H groups in total. The Hall–Kier alpha value is -2.69. The molecule has 0 aromatic heterocycles. The van der Waals surface area contributed by atoms with Gasteiger partial charge in [-0.25, -0.2) is 0 Å². The van der Waals surface area contributed by atoms with Gasteiger partial charge in [-0.2, -0.15) is 0 Å². The first-order valence-electron chi connectivity index (χ1n) is 9.27. The molecule has 0 aliphatic heterocycles. The monoisotopic (exact) mass is 369 g/mol. The molecule has 0 radical (unpaired) electrons. The molecule has 0 unspecified atom stereocenters. The minimum atomic E-state index is -0.114. The summed E-state index contributed by atoms with van der Waals surface area (Å²) in [5.41, 5.74) is 1.65. The lowest BCUT2D eigenvalue weighted by Crippen LogP contribution is -2.39. The third-order valence-electron chi connectivity index (χ3n) is 5.47. The number of para-hydroxylation sites is 1. The van der Waals surface area contributed by atoms with Crippen molar-refractivity contribution in [2.45, 2.75) is 31.1 Å². The van der Waals surface area contributed by atoms with E-state index in [0.717, 1.165) is 31.4 Å². The van der Waals surface area contributed by atoms with Gasteiger partial charge < -0.3 is 19.5 Å². The maximum absolute atomic E-state index is 12.8. The number of methoxy groups -OCH3 is 3. The summed E-state index contributed by atoms with van der Waals surface area (Å²) in [5, 5.41) is 3.13. The molecule has 0 bridgehead atoms. The molecule has 2 aromatic rings. The molecule has 1 fully saturated rings. The Balaban J connectivity index is 1.80. The second-order valence-electron chi connectivity index (χ2n) is 6.94. The van der Waals surface area contributed by atoms with Gasteiger partial charge in [-0.15, -0.1) is 0 Å². The van der Waals surface area contributed by atoms with Gasteiger partial charge in [-0.05, 0) is 37.1 Å². The highest BCUT2D eigenvalue weighted by molar-refractivity contribution is 5.95. The molecule has 1 aliphatic rings. The van der Waals surface area contributed by atoms with Gasteiger partial charge in [-0.1, -0.05) is 31.0 Å². The number of hydrogen-bond acceptors (Lipinski definition) is 4. The SMILES string of the molecule is COc1ccc(C(=O)NCC2(c3ccccc3OC)CCCC2)cc1OC. The van der Waals surface area contributed by atoms with E-state index in [9.17, 15) is 4.79 Å². The van der Waals surface area contributed by atoms with Crippen LogP contribution in [0.1, 0.15) is 41.6 Å². The summed E-state index contributed by atoms with van der Waals surface area (Å²) < 4.78 is 16.1. The number of nitrogens with one attached hydrogen (secondary N) is 1. The van der Waals surface area contributed by atoms with Gasteiger partial charge in [-0.3, -0.25) is 4.79 Å². The fourth-order valence-corrected chi connectivity index (χ4v) is 4.00. The number of benzene rings is 2. The van der Waals surface area contributed by atoms with Crippen LogP contribution in [-0.2, 0) is 5.41 Å². The Bertz CT molecular complexity index is 797. The number of carbonyl (C=O) groups is 1. The van der Waals surface area contributed by atoms with Gasteiger partial charge in [0.1, 0.15) is 5.75 Å². The fraction of sp³-hybridized carbons (Fsp3) is 0.409. The topological polar surface area (TPSA) is 56.8 Å². The van der Waals surface area contributed by atoms with E-state index in [2.05, 4.69) is 11.4 Å². The van der Waals surface area contributed by atoms with Crippen LogP contribution < -0.4 is 19.5 Å². The van der Waals surface area contributed by atoms with E-state index in [4.69, 9.17) is 14.2 Å². The second-order valence-corrected chi connectivity index (χ2v) is 6.94.